The first kappa shape index (κ1) is 26.1. The molecule has 3 amide bonds. The summed E-state index contributed by atoms with van der Waals surface area (Å²) in [5.74, 6) is -1.31. The van der Waals surface area contributed by atoms with Crippen LogP contribution in [0.15, 0.2) is 66.8 Å². The molecular weight excluding hydrogens is 510 g/mol. The summed E-state index contributed by atoms with van der Waals surface area (Å²) in [6.45, 7) is 4.09. The molecule has 0 saturated carbocycles. The molecule has 1 spiro atoms. The number of anilines is 1. The van der Waals surface area contributed by atoms with E-state index in [4.69, 9.17) is 0 Å². The van der Waals surface area contributed by atoms with Gasteiger partial charge in [-0.15, -0.1) is 11.8 Å². The molecular formula is C31H35N3O4S. The van der Waals surface area contributed by atoms with Gasteiger partial charge in [-0.2, -0.15) is 0 Å². The van der Waals surface area contributed by atoms with Crippen LogP contribution in [0.4, 0.5) is 5.69 Å². The van der Waals surface area contributed by atoms with Crippen LogP contribution in [0.5, 0.6) is 0 Å². The summed E-state index contributed by atoms with van der Waals surface area (Å²) in [4.78, 5) is 48.0. The number of hydrogen-bond acceptors (Lipinski definition) is 5. The van der Waals surface area contributed by atoms with Crippen molar-refractivity contribution in [1.29, 1.82) is 0 Å². The lowest BCUT2D eigenvalue weighted by Gasteiger charge is -2.35. The van der Waals surface area contributed by atoms with Gasteiger partial charge in [-0.1, -0.05) is 61.6 Å². The Balaban J connectivity index is 1.42. The highest BCUT2D eigenvalue weighted by atomic mass is 32.2. The first-order chi connectivity index (χ1) is 19.0. The number of carbonyl (C=O) groups excluding carboxylic acids is 3. The van der Waals surface area contributed by atoms with E-state index < -0.39 is 22.6 Å². The highest BCUT2D eigenvalue weighted by Crippen LogP contribution is 2.61. The minimum absolute atomic E-state index is 0.0158. The van der Waals surface area contributed by atoms with E-state index in [1.807, 2.05) is 59.5 Å². The lowest BCUT2D eigenvalue weighted by atomic mass is 9.78. The molecule has 1 N–H and O–H groups in total. The van der Waals surface area contributed by atoms with E-state index in [0.717, 1.165) is 22.9 Å². The number of likely N-dealkylation sites (tertiary alicyclic amines) is 1. The molecule has 4 heterocycles. The predicted octanol–water partition coefficient (Wildman–Crippen LogP) is 3.62. The average Bonchev–Trinajstić information content (AvgIpc) is 3.25. The molecule has 39 heavy (non-hydrogen) atoms. The van der Waals surface area contributed by atoms with Crippen molar-refractivity contribution in [2.75, 3.05) is 37.7 Å². The number of hydrogen-bond donors (Lipinski definition) is 1. The molecule has 5 atom stereocenters. The van der Waals surface area contributed by atoms with Gasteiger partial charge >= 0.3 is 0 Å². The lowest BCUT2D eigenvalue weighted by molar-refractivity contribution is -0.142. The van der Waals surface area contributed by atoms with E-state index >= 15 is 0 Å². The summed E-state index contributed by atoms with van der Waals surface area (Å²) in [5.41, 5.74) is 0.800. The normalized spacial score (nSPS) is 30.0. The van der Waals surface area contributed by atoms with E-state index in [1.54, 1.807) is 21.6 Å². The summed E-state index contributed by atoms with van der Waals surface area (Å²) >= 11 is 1.62. The molecule has 1 unspecified atom stereocenters. The molecule has 0 bridgehead atoms. The zero-order valence-corrected chi connectivity index (χ0v) is 23.1. The third-order valence-electron chi connectivity index (χ3n) is 8.59. The number of fused-ring (bicyclic) bond motifs is 3. The third-order valence-corrected chi connectivity index (χ3v) is 10.3. The van der Waals surface area contributed by atoms with Gasteiger partial charge in [0.25, 0.3) is 5.91 Å². The third kappa shape index (κ3) is 4.19. The first-order valence-electron chi connectivity index (χ1n) is 14.0. The van der Waals surface area contributed by atoms with E-state index in [2.05, 4.69) is 19.1 Å². The summed E-state index contributed by atoms with van der Waals surface area (Å²) in [6.07, 6.45) is 10.2. The number of thioether (sulfide) groups is 1. The Bertz CT molecular complexity index is 1360. The van der Waals surface area contributed by atoms with Crippen LogP contribution in [0.25, 0.3) is 10.8 Å². The number of aliphatic hydroxyl groups excluding tert-OH is 1. The smallest absolute Gasteiger partial charge is 0.251 e. The van der Waals surface area contributed by atoms with Gasteiger partial charge in [0.2, 0.25) is 11.8 Å². The van der Waals surface area contributed by atoms with Crippen molar-refractivity contribution in [3.63, 3.8) is 0 Å². The second-order valence-electron chi connectivity index (χ2n) is 10.9. The van der Waals surface area contributed by atoms with E-state index in [9.17, 15) is 19.5 Å². The maximum Gasteiger partial charge on any atom is 0.251 e. The highest BCUT2D eigenvalue weighted by Gasteiger charge is 2.70. The van der Waals surface area contributed by atoms with E-state index in [-0.39, 0.29) is 29.6 Å². The standard InChI is InChI=1S/C31H35N3O4S/c1-2-15-32-16-7-11-24-25(28(32)36)26-29(37)34(17-5-6-19-35)27-30(38)33(18-8-14-31(26,27)39-24)23-13-12-21-9-3-4-10-22(21)20-23/h3-4,7-14,20,24-27,35H,2,5-6,15-19H2,1H3/t24-,25+,26+,27?,31+/m1/s1. The molecule has 0 radical (unpaired) electrons. The maximum atomic E-state index is 14.5. The molecule has 0 aliphatic carbocycles. The molecule has 2 aromatic rings. The van der Waals surface area contributed by atoms with Crippen LogP contribution in [0.3, 0.4) is 0 Å². The summed E-state index contributed by atoms with van der Waals surface area (Å²) < 4.78 is -0.816. The van der Waals surface area contributed by atoms with Gasteiger partial charge in [0.1, 0.15) is 6.04 Å². The maximum absolute atomic E-state index is 14.5. The van der Waals surface area contributed by atoms with Crippen molar-refractivity contribution in [2.45, 2.75) is 42.2 Å². The fourth-order valence-electron chi connectivity index (χ4n) is 6.87. The number of aliphatic hydroxyl groups is 1. The quantitative estimate of drug-likeness (QED) is 0.425. The molecule has 2 saturated heterocycles. The van der Waals surface area contributed by atoms with Crippen LogP contribution in [0.2, 0.25) is 0 Å². The molecule has 8 heteroatoms. The summed E-state index contributed by atoms with van der Waals surface area (Å²) in [7, 11) is 0. The number of benzene rings is 2. The van der Waals surface area contributed by atoms with Crippen molar-refractivity contribution in [1.82, 2.24) is 9.80 Å². The van der Waals surface area contributed by atoms with E-state index in [1.165, 1.54) is 0 Å². The molecule has 2 fully saturated rings. The average molecular weight is 546 g/mol. The Morgan fingerprint density at radius 2 is 1.77 bits per heavy atom. The second kappa shape index (κ2) is 10.5. The van der Waals surface area contributed by atoms with Crippen LogP contribution in [0, 0.1) is 11.8 Å². The Morgan fingerprint density at radius 3 is 2.56 bits per heavy atom. The molecule has 0 aromatic heterocycles. The van der Waals surface area contributed by atoms with Gasteiger partial charge in [-0.05, 0) is 42.2 Å². The Labute approximate surface area is 233 Å². The minimum atomic E-state index is -0.816. The predicted molar refractivity (Wildman–Crippen MR) is 154 cm³/mol. The number of unbranched alkanes of at least 4 members (excludes halogenated alkanes) is 1. The number of nitrogens with zero attached hydrogens (tertiary/aromatic N) is 3. The van der Waals surface area contributed by atoms with Gasteiger partial charge in [-0.25, -0.2) is 0 Å². The second-order valence-corrected chi connectivity index (χ2v) is 12.4. The van der Waals surface area contributed by atoms with Gasteiger partial charge in [0.15, 0.2) is 0 Å². The zero-order valence-electron chi connectivity index (χ0n) is 22.2. The first-order valence-corrected chi connectivity index (χ1v) is 14.9. The van der Waals surface area contributed by atoms with Crippen LogP contribution in [0.1, 0.15) is 26.2 Å². The largest absolute Gasteiger partial charge is 0.396 e. The van der Waals surface area contributed by atoms with Crippen LogP contribution >= 0.6 is 11.8 Å². The van der Waals surface area contributed by atoms with Crippen molar-refractivity contribution in [3.05, 3.63) is 66.8 Å². The van der Waals surface area contributed by atoms with Crippen LogP contribution in [-0.2, 0) is 14.4 Å². The molecule has 7 nitrogen and oxygen atoms in total. The lowest BCUT2D eigenvalue weighted by Crippen LogP contribution is -2.53. The molecule has 4 aliphatic rings. The molecule has 6 rings (SSSR count). The van der Waals surface area contributed by atoms with Gasteiger partial charge < -0.3 is 19.8 Å². The van der Waals surface area contributed by atoms with Crippen molar-refractivity contribution in [3.8, 4) is 0 Å². The van der Waals surface area contributed by atoms with Gasteiger partial charge in [0.05, 0.1) is 16.6 Å². The Hall–Kier alpha value is -3.10. The van der Waals surface area contributed by atoms with E-state index in [0.29, 0.717) is 39.0 Å². The Kier molecular flexibility index (Phi) is 7.02. The fourth-order valence-corrected chi connectivity index (χ4v) is 8.88. The summed E-state index contributed by atoms with van der Waals surface area (Å²) in [5, 5.41) is 11.4. The zero-order chi connectivity index (χ0) is 27.1. The molecule has 2 aromatic carbocycles. The minimum Gasteiger partial charge on any atom is -0.396 e. The number of amides is 3. The molecule has 4 aliphatic heterocycles. The van der Waals surface area contributed by atoms with Gasteiger partial charge in [-0.3, -0.25) is 14.4 Å². The van der Waals surface area contributed by atoms with Gasteiger partial charge in [0, 0.05) is 43.7 Å². The SMILES string of the molecule is CCCN1CC=C[C@H]2S[C@]34C=CCN(c5ccc6ccccc6c5)C(=O)C3N(CCCCO)C(=O)[C@@H]4[C@H]2C1=O. The number of rotatable bonds is 7. The topological polar surface area (TPSA) is 81.2 Å². The highest BCUT2D eigenvalue weighted by molar-refractivity contribution is 8.02. The number of carbonyl (C=O) groups is 3. The van der Waals surface area contributed by atoms with Crippen molar-refractivity contribution < 1.29 is 19.5 Å². The molecule has 204 valence electrons. The fraction of sp³-hybridized carbons (Fsp3) is 0.452. The summed E-state index contributed by atoms with van der Waals surface area (Å²) in [6, 6.07) is 13.4. The van der Waals surface area contributed by atoms with Crippen LogP contribution < -0.4 is 4.90 Å². The van der Waals surface area contributed by atoms with Crippen LogP contribution in [-0.4, -0.2) is 81.5 Å². The van der Waals surface area contributed by atoms with Crippen molar-refractivity contribution >= 4 is 45.9 Å². The van der Waals surface area contributed by atoms with Crippen molar-refractivity contribution in [2.24, 2.45) is 11.8 Å². The Morgan fingerprint density at radius 1 is 0.949 bits per heavy atom. The monoisotopic (exact) mass is 545 g/mol.